The van der Waals surface area contributed by atoms with E-state index < -0.39 is 0 Å². The summed E-state index contributed by atoms with van der Waals surface area (Å²) in [6.45, 7) is 4.62. The highest BCUT2D eigenvalue weighted by atomic mass is 16.2. The fourth-order valence-electron chi connectivity index (χ4n) is 2.32. The van der Waals surface area contributed by atoms with E-state index in [-0.39, 0.29) is 5.91 Å². The van der Waals surface area contributed by atoms with Gasteiger partial charge in [0, 0.05) is 37.8 Å². The first-order valence-corrected chi connectivity index (χ1v) is 6.51. The molecular weight excluding hydrogens is 226 g/mol. The van der Waals surface area contributed by atoms with Crippen LogP contribution in [0.15, 0.2) is 24.3 Å². The van der Waals surface area contributed by atoms with Crippen LogP contribution in [0.2, 0.25) is 0 Å². The van der Waals surface area contributed by atoms with Crippen LogP contribution < -0.4 is 11.1 Å². The minimum absolute atomic E-state index is 0.228. The van der Waals surface area contributed by atoms with Gasteiger partial charge in [-0.25, -0.2) is 0 Å². The molecule has 1 aromatic carbocycles. The van der Waals surface area contributed by atoms with Crippen LogP contribution in [0.25, 0.3) is 0 Å². The molecule has 1 atom stereocenters. The Bertz CT molecular complexity index is 419. The van der Waals surface area contributed by atoms with Crippen LogP contribution in [0.1, 0.15) is 18.9 Å². The average Bonchev–Trinajstić information content (AvgIpc) is 2.37. The number of benzene rings is 1. The van der Waals surface area contributed by atoms with Gasteiger partial charge in [-0.1, -0.05) is 18.2 Å². The Balaban J connectivity index is 1.86. The molecule has 1 aliphatic rings. The topological polar surface area (TPSA) is 58.4 Å². The van der Waals surface area contributed by atoms with Crippen molar-refractivity contribution >= 4 is 11.6 Å². The Morgan fingerprint density at radius 2 is 2.28 bits per heavy atom. The number of piperazine rings is 1. The van der Waals surface area contributed by atoms with Crippen molar-refractivity contribution in [2.75, 3.05) is 25.4 Å². The number of para-hydroxylation sites is 1. The van der Waals surface area contributed by atoms with E-state index in [4.69, 9.17) is 5.73 Å². The normalized spacial score (nSPS) is 19.8. The summed E-state index contributed by atoms with van der Waals surface area (Å²) in [5.74, 6) is 0.228. The van der Waals surface area contributed by atoms with Gasteiger partial charge in [-0.2, -0.15) is 0 Å². The van der Waals surface area contributed by atoms with Gasteiger partial charge in [0.25, 0.3) is 0 Å². The quantitative estimate of drug-likeness (QED) is 0.784. The first-order valence-electron chi connectivity index (χ1n) is 6.51. The minimum Gasteiger partial charge on any atom is -0.399 e. The standard InChI is InChI=1S/C14H21N3O/c1-11-10-17(9-8-16-11)14(18)7-6-12-4-2-3-5-13(12)15/h2-5,11,16H,6-10,15H2,1H3. The van der Waals surface area contributed by atoms with E-state index in [1.54, 1.807) is 0 Å². The van der Waals surface area contributed by atoms with Crippen LogP contribution >= 0.6 is 0 Å². The highest BCUT2D eigenvalue weighted by molar-refractivity contribution is 5.76. The fourth-order valence-corrected chi connectivity index (χ4v) is 2.32. The number of nitrogen functional groups attached to an aromatic ring is 1. The summed E-state index contributed by atoms with van der Waals surface area (Å²) in [6.07, 6.45) is 1.27. The molecule has 3 N–H and O–H groups in total. The Morgan fingerprint density at radius 1 is 1.50 bits per heavy atom. The lowest BCUT2D eigenvalue weighted by atomic mass is 10.1. The first-order chi connectivity index (χ1) is 8.66. The van der Waals surface area contributed by atoms with Crippen LogP contribution in [-0.4, -0.2) is 36.5 Å². The number of carbonyl (C=O) groups excluding carboxylic acids is 1. The molecule has 4 nitrogen and oxygen atoms in total. The lowest BCUT2D eigenvalue weighted by Gasteiger charge is -2.32. The lowest BCUT2D eigenvalue weighted by molar-refractivity contribution is -0.132. The average molecular weight is 247 g/mol. The number of hydrogen-bond donors (Lipinski definition) is 2. The van der Waals surface area contributed by atoms with Crippen LogP contribution in [-0.2, 0) is 11.2 Å². The van der Waals surface area contributed by atoms with Crippen molar-refractivity contribution in [3.05, 3.63) is 29.8 Å². The summed E-state index contributed by atoms with van der Waals surface area (Å²) in [5.41, 5.74) is 7.71. The van der Waals surface area contributed by atoms with Gasteiger partial charge in [0.2, 0.25) is 5.91 Å². The van der Waals surface area contributed by atoms with Gasteiger partial charge in [0.1, 0.15) is 0 Å². The number of nitrogens with two attached hydrogens (primary N) is 1. The van der Waals surface area contributed by atoms with Crippen LogP contribution in [0.5, 0.6) is 0 Å². The highest BCUT2D eigenvalue weighted by Crippen LogP contribution is 2.13. The van der Waals surface area contributed by atoms with Crippen molar-refractivity contribution < 1.29 is 4.79 Å². The van der Waals surface area contributed by atoms with Crippen molar-refractivity contribution in [1.29, 1.82) is 0 Å². The van der Waals surface area contributed by atoms with Gasteiger partial charge < -0.3 is 16.0 Å². The Labute approximate surface area is 108 Å². The number of nitrogens with one attached hydrogen (secondary N) is 1. The van der Waals surface area contributed by atoms with Gasteiger partial charge in [-0.3, -0.25) is 4.79 Å². The van der Waals surface area contributed by atoms with E-state index in [9.17, 15) is 4.79 Å². The molecule has 1 heterocycles. The van der Waals surface area contributed by atoms with E-state index in [2.05, 4.69) is 12.2 Å². The van der Waals surface area contributed by atoms with Gasteiger partial charge in [-0.05, 0) is 25.0 Å². The van der Waals surface area contributed by atoms with E-state index in [0.717, 1.165) is 37.3 Å². The SMILES string of the molecule is CC1CN(C(=O)CCc2ccccc2N)CCN1. The fraction of sp³-hybridized carbons (Fsp3) is 0.500. The van der Waals surface area contributed by atoms with E-state index in [1.165, 1.54) is 0 Å². The number of amides is 1. The molecule has 1 aromatic rings. The van der Waals surface area contributed by atoms with E-state index in [0.29, 0.717) is 12.5 Å². The van der Waals surface area contributed by atoms with E-state index >= 15 is 0 Å². The second-order valence-electron chi connectivity index (χ2n) is 4.89. The zero-order valence-corrected chi connectivity index (χ0v) is 10.9. The summed E-state index contributed by atoms with van der Waals surface area (Å²) < 4.78 is 0. The Kier molecular flexibility index (Phi) is 4.20. The third kappa shape index (κ3) is 3.23. The predicted octanol–water partition coefficient (Wildman–Crippen LogP) is 1.02. The number of carbonyl (C=O) groups is 1. The largest absolute Gasteiger partial charge is 0.399 e. The number of hydrogen-bond acceptors (Lipinski definition) is 3. The van der Waals surface area contributed by atoms with Crippen molar-refractivity contribution in [1.82, 2.24) is 10.2 Å². The van der Waals surface area contributed by atoms with Crippen molar-refractivity contribution in [3.63, 3.8) is 0 Å². The first kappa shape index (κ1) is 12.9. The molecule has 4 heteroatoms. The smallest absolute Gasteiger partial charge is 0.222 e. The molecular formula is C14H21N3O. The van der Waals surface area contributed by atoms with Gasteiger partial charge >= 0.3 is 0 Å². The molecule has 0 radical (unpaired) electrons. The second-order valence-corrected chi connectivity index (χ2v) is 4.89. The van der Waals surface area contributed by atoms with Crippen LogP contribution in [0.3, 0.4) is 0 Å². The third-order valence-electron chi connectivity index (χ3n) is 3.38. The molecule has 0 aliphatic carbocycles. The molecule has 1 amide bonds. The van der Waals surface area contributed by atoms with Crippen molar-refractivity contribution in [2.24, 2.45) is 0 Å². The molecule has 0 saturated carbocycles. The number of anilines is 1. The van der Waals surface area contributed by atoms with Crippen molar-refractivity contribution in [3.8, 4) is 0 Å². The zero-order valence-electron chi connectivity index (χ0n) is 10.9. The maximum absolute atomic E-state index is 12.1. The minimum atomic E-state index is 0.228. The molecule has 2 rings (SSSR count). The summed E-state index contributed by atoms with van der Waals surface area (Å²) in [5, 5.41) is 3.34. The molecule has 0 bridgehead atoms. The van der Waals surface area contributed by atoms with Crippen LogP contribution in [0, 0.1) is 0 Å². The molecule has 0 aromatic heterocycles. The number of aryl methyl sites for hydroxylation is 1. The monoisotopic (exact) mass is 247 g/mol. The molecule has 98 valence electrons. The third-order valence-corrected chi connectivity index (χ3v) is 3.38. The lowest BCUT2D eigenvalue weighted by Crippen LogP contribution is -2.51. The number of nitrogens with zero attached hydrogens (tertiary/aromatic N) is 1. The molecule has 1 unspecified atom stereocenters. The van der Waals surface area contributed by atoms with Crippen LogP contribution in [0.4, 0.5) is 5.69 Å². The molecule has 18 heavy (non-hydrogen) atoms. The summed E-state index contributed by atoms with van der Waals surface area (Å²) in [7, 11) is 0. The maximum Gasteiger partial charge on any atom is 0.222 e. The van der Waals surface area contributed by atoms with E-state index in [1.807, 2.05) is 29.2 Å². The molecule has 1 fully saturated rings. The maximum atomic E-state index is 12.1. The van der Waals surface area contributed by atoms with Gasteiger partial charge in [0.15, 0.2) is 0 Å². The highest BCUT2D eigenvalue weighted by Gasteiger charge is 2.19. The zero-order chi connectivity index (χ0) is 13.0. The summed E-state index contributed by atoms with van der Waals surface area (Å²) >= 11 is 0. The second kappa shape index (κ2) is 5.87. The Morgan fingerprint density at radius 3 is 3.00 bits per heavy atom. The predicted molar refractivity (Wildman–Crippen MR) is 73.2 cm³/mol. The molecule has 1 aliphatic heterocycles. The number of rotatable bonds is 3. The van der Waals surface area contributed by atoms with Gasteiger partial charge in [0.05, 0.1) is 0 Å². The Hall–Kier alpha value is -1.55. The summed E-state index contributed by atoms with van der Waals surface area (Å²) in [6, 6.07) is 8.14. The summed E-state index contributed by atoms with van der Waals surface area (Å²) in [4.78, 5) is 14.0. The van der Waals surface area contributed by atoms with Gasteiger partial charge in [-0.15, -0.1) is 0 Å². The van der Waals surface area contributed by atoms with Crippen molar-refractivity contribution in [2.45, 2.75) is 25.8 Å². The molecule has 1 saturated heterocycles. The molecule has 0 spiro atoms.